The number of hydrogen-bond donors (Lipinski definition) is 7. The van der Waals surface area contributed by atoms with Crippen molar-refractivity contribution in [2.24, 2.45) is 17.6 Å². The normalized spacial score (nSPS) is 14.8. The number of carboxylic acids is 1. The van der Waals surface area contributed by atoms with Crippen LogP contribution in [0.1, 0.15) is 51.7 Å². The molecular formula is C30H42N4O7. The maximum atomic E-state index is 13.5. The van der Waals surface area contributed by atoms with E-state index in [0.717, 1.165) is 5.56 Å². The summed E-state index contributed by atoms with van der Waals surface area (Å²) in [5.41, 5.74) is 7.47. The van der Waals surface area contributed by atoms with Crippen LogP contribution in [0.15, 0.2) is 48.5 Å². The second-order valence-corrected chi connectivity index (χ2v) is 10.8. The molecule has 0 aliphatic heterocycles. The first kappa shape index (κ1) is 33.1. The Bertz CT molecular complexity index is 1170. The maximum absolute atomic E-state index is 13.5. The molecule has 0 heterocycles. The van der Waals surface area contributed by atoms with Crippen LogP contribution in [0.3, 0.4) is 0 Å². The maximum Gasteiger partial charge on any atom is 0.326 e. The Morgan fingerprint density at radius 1 is 0.732 bits per heavy atom. The minimum atomic E-state index is -1.19. The van der Waals surface area contributed by atoms with Gasteiger partial charge in [0.25, 0.3) is 0 Å². The van der Waals surface area contributed by atoms with Gasteiger partial charge in [0.1, 0.15) is 29.6 Å². The number of aliphatic carboxylic acids is 1. The lowest BCUT2D eigenvalue weighted by molar-refractivity contribution is -0.142. The predicted octanol–water partition coefficient (Wildman–Crippen LogP) is 1.84. The Balaban J connectivity index is 2.24. The van der Waals surface area contributed by atoms with Crippen molar-refractivity contribution in [2.45, 2.75) is 77.5 Å². The van der Waals surface area contributed by atoms with Gasteiger partial charge in [0.05, 0.1) is 6.04 Å². The molecule has 11 nitrogen and oxygen atoms in total. The minimum Gasteiger partial charge on any atom is -0.508 e. The van der Waals surface area contributed by atoms with E-state index in [9.17, 15) is 34.5 Å². The summed E-state index contributed by atoms with van der Waals surface area (Å²) in [6, 6.07) is 8.08. The average Bonchev–Trinajstić information content (AvgIpc) is 2.92. The molecule has 11 heteroatoms. The first-order valence-corrected chi connectivity index (χ1v) is 13.8. The van der Waals surface area contributed by atoms with E-state index < -0.39 is 47.9 Å². The number of carbonyl (C=O) groups is 4. The molecule has 0 aromatic heterocycles. The van der Waals surface area contributed by atoms with Crippen molar-refractivity contribution in [3.05, 3.63) is 59.7 Å². The van der Waals surface area contributed by atoms with Gasteiger partial charge >= 0.3 is 5.97 Å². The predicted molar refractivity (Wildman–Crippen MR) is 154 cm³/mol. The molecule has 0 radical (unpaired) electrons. The first-order chi connectivity index (χ1) is 19.3. The van der Waals surface area contributed by atoms with Crippen LogP contribution < -0.4 is 21.7 Å². The summed E-state index contributed by atoms with van der Waals surface area (Å²) >= 11 is 0. The van der Waals surface area contributed by atoms with E-state index in [1.54, 1.807) is 31.2 Å². The Hall–Kier alpha value is -4.12. The van der Waals surface area contributed by atoms with Gasteiger partial charge in [-0.1, -0.05) is 58.4 Å². The fourth-order valence-corrected chi connectivity index (χ4v) is 4.24. The van der Waals surface area contributed by atoms with Gasteiger partial charge in [-0.2, -0.15) is 0 Å². The molecule has 3 amide bonds. The molecule has 41 heavy (non-hydrogen) atoms. The highest BCUT2D eigenvalue weighted by atomic mass is 16.4. The quantitative estimate of drug-likeness (QED) is 0.169. The Morgan fingerprint density at radius 3 is 1.68 bits per heavy atom. The van der Waals surface area contributed by atoms with E-state index in [4.69, 9.17) is 5.73 Å². The second kappa shape index (κ2) is 15.6. The molecule has 2 aromatic carbocycles. The molecule has 0 saturated carbocycles. The summed E-state index contributed by atoms with van der Waals surface area (Å²) in [7, 11) is 0. The van der Waals surface area contributed by atoms with Crippen molar-refractivity contribution >= 4 is 23.7 Å². The third-order valence-electron chi connectivity index (χ3n) is 6.85. The Kier molecular flexibility index (Phi) is 12.6. The van der Waals surface area contributed by atoms with Gasteiger partial charge in [0.2, 0.25) is 17.7 Å². The van der Waals surface area contributed by atoms with Gasteiger partial charge in [0.15, 0.2) is 0 Å². The SMILES string of the molecule is CCC(C)C(NC(=O)C(N)Cc1ccc(O)cc1)C(=O)NC(Cc1ccc(O)cc1)C(=O)NC(CC(C)C)C(=O)O. The number of benzene rings is 2. The number of nitrogens with one attached hydrogen (secondary N) is 3. The molecule has 0 bridgehead atoms. The van der Waals surface area contributed by atoms with E-state index in [1.807, 2.05) is 20.8 Å². The fourth-order valence-electron chi connectivity index (χ4n) is 4.24. The van der Waals surface area contributed by atoms with Crippen LogP contribution in [-0.2, 0) is 32.0 Å². The Morgan fingerprint density at radius 2 is 1.22 bits per heavy atom. The molecule has 8 N–H and O–H groups in total. The highest BCUT2D eigenvalue weighted by Gasteiger charge is 2.32. The number of aromatic hydroxyl groups is 2. The van der Waals surface area contributed by atoms with Crippen LogP contribution in [0, 0.1) is 11.8 Å². The summed E-state index contributed by atoms with van der Waals surface area (Å²) in [5.74, 6) is -3.23. The number of nitrogens with two attached hydrogens (primary N) is 1. The molecule has 0 fully saturated rings. The summed E-state index contributed by atoms with van der Waals surface area (Å²) < 4.78 is 0. The van der Waals surface area contributed by atoms with Crippen LogP contribution >= 0.6 is 0 Å². The van der Waals surface area contributed by atoms with Gasteiger partial charge in [0, 0.05) is 6.42 Å². The summed E-state index contributed by atoms with van der Waals surface area (Å²) in [4.78, 5) is 51.6. The zero-order valence-electron chi connectivity index (χ0n) is 24.0. The molecule has 0 spiro atoms. The molecule has 0 aliphatic rings. The smallest absolute Gasteiger partial charge is 0.326 e. The number of carbonyl (C=O) groups excluding carboxylic acids is 3. The van der Waals surface area contributed by atoms with Gasteiger partial charge in [-0.3, -0.25) is 14.4 Å². The second-order valence-electron chi connectivity index (χ2n) is 10.8. The van der Waals surface area contributed by atoms with Crippen molar-refractivity contribution in [2.75, 3.05) is 0 Å². The summed E-state index contributed by atoms with van der Waals surface area (Å²) in [6.07, 6.45) is 0.938. The first-order valence-electron chi connectivity index (χ1n) is 13.8. The molecular weight excluding hydrogens is 528 g/mol. The molecule has 224 valence electrons. The van der Waals surface area contributed by atoms with Crippen molar-refractivity contribution in [3.8, 4) is 11.5 Å². The average molecular weight is 571 g/mol. The van der Waals surface area contributed by atoms with Crippen LogP contribution in [0.2, 0.25) is 0 Å². The lowest BCUT2D eigenvalue weighted by atomic mass is 9.96. The largest absolute Gasteiger partial charge is 0.508 e. The molecule has 2 rings (SSSR count). The monoisotopic (exact) mass is 570 g/mol. The van der Waals surface area contributed by atoms with E-state index in [2.05, 4.69) is 16.0 Å². The number of hydrogen-bond acceptors (Lipinski definition) is 7. The van der Waals surface area contributed by atoms with Crippen LogP contribution in [0.5, 0.6) is 11.5 Å². The third kappa shape index (κ3) is 10.8. The van der Waals surface area contributed by atoms with E-state index in [-0.39, 0.29) is 42.6 Å². The number of phenolic OH excluding ortho intramolecular Hbond substituents is 2. The van der Waals surface area contributed by atoms with Crippen molar-refractivity contribution in [1.82, 2.24) is 16.0 Å². The number of phenols is 2. The van der Waals surface area contributed by atoms with E-state index in [0.29, 0.717) is 12.0 Å². The zero-order chi connectivity index (χ0) is 30.7. The zero-order valence-corrected chi connectivity index (χ0v) is 24.0. The van der Waals surface area contributed by atoms with E-state index in [1.165, 1.54) is 24.3 Å². The van der Waals surface area contributed by atoms with Gasteiger partial charge in [-0.25, -0.2) is 4.79 Å². The highest BCUT2D eigenvalue weighted by Crippen LogP contribution is 2.15. The van der Waals surface area contributed by atoms with Crippen molar-refractivity contribution in [3.63, 3.8) is 0 Å². The summed E-state index contributed by atoms with van der Waals surface area (Å²) in [6.45, 7) is 7.32. The van der Waals surface area contributed by atoms with Crippen molar-refractivity contribution in [1.29, 1.82) is 0 Å². The molecule has 5 unspecified atom stereocenters. The van der Waals surface area contributed by atoms with Crippen LogP contribution in [0.4, 0.5) is 0 Å². The standard InChI is InChI=1S/C30H42N4O7/c1-5-18(4)26(34-27(37)23(31)15-19-6-10-21(35)11-7-19)29(39)32-24(16-20-8-12-22(36)13-9-20)28(38)33-25(30(40)41)14-17(2)3/h6-13,17-18,23-26,35-36H,5,14-16,31H2,1-4H3,(H,32,39)(H,33,38)(H,34,37)(H,40,41). The summed E-state index contributed by atoms with van der Waals surface area (Å²) in [5, 5.41) is 36.7. The van der Waals surface area contributed by atoms with Crippen LogP contribution in [0.25, 0.3) is 0 Å². The third-order valence-corrected chi connectivity index (χ3v) is 6.85. The van der Waals surface area contributed by atoms with E-state index >= 15 is 0 Å². The van der Waals surface area contributed by atoms with Crippen molar-refractivity contribution < 1.29 is 34.5 Å². The Labute approximate surface area is 240 Å². The highest BCUT2D eigenvalue weighted by molar-refractivity contribution is 5.94. The number of amides is 3. The minimum absolute atomic E-state index is 0.00248. The number of rotatable bonds is 15. The molecule has 5 atom stereocenters. The lowest BCUT2D eigenvalue weighted by Crippen LogP contribution is -2.59. The topological polar surface area (TPSA) is 191 Å². The molecule has 0 saturated heterocycles. The lowest BCUT2D eigenvalue weighted by Gasteiger charge is -2.28. The van der Waals surface area contributed by atoms with Gasteiger partial charge < -0.3 is 37.0 Å². The molecule has 2 aromatic rings. The molecule has 0 aliphatic carbocycles. The van der Waals surface area contributed by atoms with Crippen LogP contribution in [-0.4, -0.2) is 63.2 Å². The van der Waals surface area contributed by atoms with Gasteiger partial charge in [-0.05, 0) is 60.1 Å². The van der Waals surface area contributed by atoms with Gasteiger partial charge in [-0.15, -0.1) is 0 Å². The fraction of sp³-hybridized carbons (Fsp3) is 0.467. The number of carboxylic acid groups (broad SMARTS) is 1.